The first-order valence-electron chi connectivity index (χ1n) is 6.98. The lowest BCUT2D eigenvalue weighted by Gasteiger charge is -2.21. The Kier molecular flexibility index (Phi) is 5.51. The van der Waals surface area contributed by atoms with E-state index in [1.165, 1.54) is 11.3 Å². The summed E-state index contributed by atoms with van der Waals surface area (Å²) >= 11 is 12.5. The number of nitrogens with zero attached hydrogens (tertiary/aromatic N) is 1. The van der Waals surface area contributed by atoms with Crippen LogP contribution in [-0.4, -0.2) is 20.6 Å². The van der Waals surface area contributed by atoms with Crippen LogP contribution in [0, 0.1) is 0 Å². The number of rotatable bonds is 5. The summed E-state index contributed by atoms with van der Waals surface area (Å²) in [6.45, 7) is 2.93. The van der Waals surface area contributed by atoms with E-state index in [0.717, 1.165) is 17.1 Å². The van der Waals surface area contributed by atoms with Gasteiger partial charge in [0.15, 0.2) is 0 Å². The van der Waals surface area contributed by atoms with Crippen LogP contribution in [0.1, 0.15) is 24.1 Å². The molecule has 2 rings (SSSR count). The summed E-state index contributed by atoms with van der Waals surface area (Å²) < 4.78 is 0. The average Bonchev–Trinajstić information content (AvgIpc) is 2.48. The fourth-order valence-electron chi connectivity index (χ4n) is 2.31. The van der Waals surface area contributed by atoms with E-state index in [1.807, 2.05) is 32.3 Å². The van der Waals surface area contributed by atoms with Crippen LogP contribution in [0.25, 0.3) is 0 Å². The van der Waals surface area contributed by atoms with Crippen molar-refractivity contribution in [3.05, 3.63) is 63.6 Å². The topological polar surface area (TPSA) is 15.3 Å². The van der Waals surface area contributed by atoms with Crippen LogP contribution >= 0.6 is 23.2 Å². The number of hydrogen-bond acceptors (Lipinski definition) is 2. The fraction of sp³-hybridized carbons (Fsp3) is 0.294. The van der Waals surface area contributed by atoms with Gasteiger partial charge in [-0.2, -0.15) is 0 Å². The molecule has 1 unspecified atom stereocenters. The van der Waals surface area contributed by atoms with Crippen molar-refractivity contribution < 1.29 is 0 Å². The van der Waals surface area contributed by atoms with Gasteiger partial charge in [-0.3, -0.25) is 0 Å². The number of hydrogen-bond donors (Lipinski definition) is 1. The molecule has 1 N–H and O–H groups in total. The minimum Gasteiger partial charge on any atom is -0.378 e. The van der Waals surface area contributed by atoms with E-state index in [2.05, 4.69) is 41.4 Å². The molecule has 112 valence electrons. The summed E-state index contributed by atoms with van der Waals surface area (Å²) in [5.74, 6) is 0. The second-order valence-electron chi connectivity index (χ2n) is 5.14. The molecule has 0 fully saturated rings. The van der Waals surface area contributed by atoms with Gasteiger partial charge in [0.1, 0.15) is 0 Å². The SMILES string of the molecule is CCNC(c1ccc(N(C)C)cc1)c1cc(Cl)ccc1Cl. The monoisotopic (exact) mass is 322 g/mol. The molecule has 0 heterocycles. The molecule has 2 aromatic carbocycles. The smallest absolute Gasteiger partial charge is 0.0591 e. The normalized spacial score (nSPS) is 12.2. The highest BCUT2D eigenvalue weighted by molar-refractivity contribution is 6.33. The van der Waals surface area contributed by atoms with E-state index in [0.29, 0.717) is 5.02 Å². The maximum atomic E-state index is 6.35. The highest BCUT2D eigenvalue weighted by Gasteiger charge is 2.16. The molecule has 0 saturated carbocycles. The van der Waals surface area contributed by atoms with Gasteiger partial charge in [-0.25, -0.2) is 0 Å². The van der Waals surface area contributed by atoms with Crippen molar-refractivity contribution in [3.8, 4) is 0 Å². The molecule has 1 atom stereocenters. The minimum atomic E-state index is 0.0393. The molecule has 2 aromatic rings. The average molecular weight is 323 g/mol. The van der Waals surface area contributed by atoms with Crippen molar-refractivity contribution in [2.75, 3.05) is 25.5 Å². The summed E-state index contributed by atoms with van der Waals surface area (Å²) in [5.41, 5.74) is 3.35. The first kappa shape index (κ1) is 16.2. The van der Waals surface area contributed by atoms with Gasteiger partial charge >= 0.3 is 0 Å². The quantitative estimate of drug-likeness (QED) is 0.853. The maximum Gasteiger partial charge on any atom is 0.0591 e. The molecule has 0 aliphatic carbocycles. The van der Waals surface area contributed by atoms with Gasteiger partial charge in [0.25, 0.3) is 0 Å². The highest BCUT2D eigenvalue weighted by Crippen LogP contribution is 2.31. The molecule has 2 nitrogen and oxygen atoms in total. The third-order valence-electron chi connectivity index (χ3n) is 3.42. The van der Waals surface area contributed by atoms with Crippen LogP contribution < -0.4 is 10.2 Å². The Morgan fingerprint density at radius 2 is 1.71 bits per heavy atom. The van der Waals surface area contributed by atoms with E-state index in [1.54, 1.807) is 0 Å². The van der Waals surface area contributed by atoms with Gasteiger partial charge in [0.2, 0.25) is 0 Å². The number of anilines is 1. The third kappa shape index (κ3) is 3.91. The summed E-state index contributed by atoms with van der Waals surface area (Å²) in [6, 6.07) is 14.1. The minimum absolute atomic E-state index is 0.0393. The largest absolute Gasteiger partial charge is 0.378 e. The molecule has 0 radical (unpaired) electrons. The molecule has 0 saturated heterocycles. The van der Waals surface area contributed by atoms with Crippen LogP contribution in [0.2, 0.25) is 10.0 Å². The molecule has 0 amide bonds. The molecule has 0 aromatic heterocycles. The van der Waals surface area contributed by atoms with E-state index in [9.17, 15) is 0 Å². The Morgan fingerprint density at radius 3 is 2.29 bits per heavy atom. The van der Waals surface area contributed by atoms with Crippen molar-refractivity contribution in [2.24, 2.45) is 0 Å². The molecular formula is C17H20Cl2N2. The van der Waals surface area contributed by atoms with Crippen molar-refractivity contribution in [1.29, 1.82) is 0 Å². The highest BCUT2D eigenvalue weighted by atomic mass is 35.5. The van der Waals surface area contributed by atoms with Crippen LogP contribution in [0.15, 0.2) is 42.5 Å². The molecule has 0 bridgehead atoms. The van der Waals surface area contributed by atoms with Crippen LogP contribution in [0.5, 0.6) is 0 Å². The summed E-state index contributed by atoms with van der Waals surface area (Å²) in [6.07, 6.45) is 0. The zero-order valence-corrected chi connectivity index (χ0v) is 14.0. The summed E-state index contributed by atoms with van der Waals surface area (Å²) in [4.78, 5) is 2.08. The third-order valence-corrected chi connectivity index (χ3v) is 4.00. The van der Waals surface area contributed by atoms with Gasteiger partial charge in [0.05, 0.1) is 6.04 Å². The second-order valence-corrected chi connectivity index (χ2v) is 5.99. The lowest BCUT2D eigenvalue weighted by atomic mass is 9.98. The lowest BCUT2D eigenvalue weighted by Crippen LogP contribution is -2.22. The van der Waals surface area contributed by atoms with Gasteiger partial charge in [-0.15, -0.1) is 0 Å². The first-order chi connectivity index (χ1) is 10.0. The standard InChI is InChI=1S/C17H20Cl2N2/c1-4-20-17(15-11-13(18)7-10-16(15)19)12-5-8-14(9-6-12)21(2)3/h5-11,17,20H,4H2,1-3H3. The summed E-state index contributed by atoms with van der Waals surface area (Å²) in [5, 5.41) is 4.90. The molecular weight excluding hydrogens is 303 g/mol. The molecule has 0 aliphatic rings. The summed E-state index contributed by atoms with van der Waals surface area (Å²) in [7, 11) is 4.06. The van der Waals surface area contributed by atoms with Gasteiger partial charge in [-0.1, -0.05) is 42.3 Å². The van der Waals surface area contributed by atoms with Gasteiger partial charge in [-0.05, 0) is 48.0 Å². The predicted octanol–water partition coefficient (Wildman–Crippen LogP) is 4.76. The Morgan fingerprint density at radius 1 is 1.05 bits per heavy atom. The number of nitrogens with one attached hydrogen (secondary N) is 1. The fourth-order valence-corrected chi connectivity index (χ4v) is 2.72. The van der Waals surface area contributed by atoms with E-state index >= 15 is 0 Å². The Balaban J connectivity index is 2.40. The number of benzene rings is 2. The van der Waals surface area contributed by atoms with Gasteiger partial charge < -0.3 is 10.2 Å². The van der Waals surface area contributed by atoms with Crippen molar-refractivity contribution in [2.45, 2.75) is 13.0 Å². The molecule has 21 heavy (non-hydrogen) atoms. The maximum absolute atomic E-state index is 6.35. The molecule has 0 aliphatic heterocycles. The predicted molar refractivity (Wildman–Crippen MR) is 92.8 cm³/mol. The van der Waals surface area contributed by atoms with E-state index < -0.39 is 0 Å². The Bertz CT molecular complexity index is 594. The second kappa shape index (κ2) is 7.17. The number of halogens is 2. The lowest BCUT2D eigenvalue weighted by molar-refractivity contribution is 0.631. The molecule has 4 heteroatoms. The van der Waals surface area contributed by atoms with E-state index in [4.69, 9.17) is 23.2 Å². The van der Waals surface area contributed by atoms with Crippen LogP contribution in [-0.2, 0) is 0 Å². The van der Waals surface area contributed by atoms with Gasteiger partial charge in [0, 0.05) is 29.8 Å². The Labute approximate surface area is 136 Å². The zero-order chi connectivity index (χ0) is 15.4. The first-order valence-corrected chi connectivity index (χ1v) is 7.74. The molecule has 0 spiro atoms. The van der Waals surface area contributed by atoms with Crippen molar-refractivity contribution in [3.63, 3.8) is 0 Å². The zero-order valence-electron chi connectivity index (χ0n) is 12.5. The van der Waals surface area contributed by atoms with E-state index in [-0.39, 0.29) is 6.04 Å². The van der Waals surface area contributed by atoms with Crippen LogP contribution in [0.3, 0.4) is 0 Å². The van der Waals surface area contributed by atoms with Crippen molar-refractivity contribution >= 4 is 28.9 Å². The van der Waals surface area contributed by atoms with Crippen molar-refractivity contribution in [1.82, 2.24) is 5.32 Å². The van der Waals surface area contributed by atoms with Crippen LogP contribution in [0.4, 0.5) is 5.69 Å². The Hall–Kier alpha value is -1.22.